The van der Waals surface area contributed by atoms with Crippen LogP contribution in [0.1, 0.15) is 18.1 Å². The number of carbonyl (C=O) groups is 2. The van der Waals surface area contributed by atoms with E-state index in [1.54, 1.807) is 12.1 Å². The first-order chi connectivity index (χ1) is 13.4. The number of rotatable bonds is 9. The topological polar surface area (TPSA) is 85.3 Å². The van der Waals surface area contributed by atoms with Crippen molar-refractivity contribution in [2.45, 2.75) is 25.9 Å². The molecule has 1 atom stereocenters. The van der Waals surface area contributed by atoms with Gasteiger partial charge in [0.05, 0.1) is 27.8 Å². The summed E-state index contributed by atoms with van der Waals surface area (Å²) in [6.45, 7) is 1.70. The molecule has 7 nitrogen and oxygen atoms in total. The van der Waals surface area contributed by atoms with Crippen molar-refractivity contribution in [3.63, 3.8) is 0 Å². The normalized spacial score (nSPS) is 11.4. The van der Waals surface area contributed by atoms with Crippen LogP contribution in [0.2, 0.25) is 0 Å². The second kappa shape index (κ2) is 9.64. The molecule has 28 heavy (non-hydrogen) atoms. The zero-order valence-corrected chi connectivity index (χ0v) is 16.5. The Morgan fingerprint density at radius 1 is 0.964 bits per heavy atom. The highest BCUT2D eigenvalue weighted by molar-refractivity contribution is 5.85. The van der Waals surface area contributed by atoms with Crippen LogP contribution in [0, 0.1) is 0 Å². The maximum absolute atomic E-state index is 13.0. The first-order valence-electron chi connectivity index (χ1n) is 8.76. The molecule has 0 bridgehead atoms. The van der Waals surface area contributed by atoms with Crippen LogP contribution in [0.5, 0.6) is 17.2 Å². The number of aliphatic carboxylic acids is 1. The van der Waals surface area contributed by atoms with Crippen LogP contribution in [0.4, 0.5) is 0 Å². The first kappa shape index (κ1) is 21.1. The molecule has 0 aromatic heterocycles. The molecular weight excluding hydrogens is 362 g/mol. The summed E-state index contributed by atoms with van der Waals surface area (Å²) in [5, 5.41) is 9.43. The summed E-state index contributed by atoms with van der Waals surface area (Å²) >= 11 is 0. The van der Waals surface area contributed by atoms with Gasteiger partial charge in [-0.2, -0.15) is 0 Å². The molecule has 2 aromatic carbocycles. The van der Waals surface area contributed by atoms with Gasteiger partial charge in [0.25, 0.3) is 0 Å². The van der Waals surface area contributed by atoms with Gasteiger partial charge in [-0.15, -0.1) is 0 Å². The molecule has 0 saturated heterocycles. The molecular formula is C21H25NO6. The smallest absolute Gasteiger partial charge is 0.326 e. The Hall–Kier alpha value is -3.22. The lowest BCUT2D eigenvalue weighted by Gasteiger charge is -2.27. The number of amides is 1. The average Bonchev–Trinajstić information content (AvgIpc) is 2.71. The van der Waals surface area contributed by atoms with Gasteiger partial charge < -0.3 is 24.2 Å². The third-order valence-electron chi connectivity index (χ3n) is 4.42. The van der Waals surface area contributed by atoms with Crippen molar-refractivity contribution in [2.24, 2.45) is 0 Å². The fourth-order valence-corrected chi connectivity index (χ4v) is 2.87. The zero-order valence-electron chi connectivity index (χ0n) is 16.5. The predicted octanol–water partition coefficient (Wildman–Crippen LogP) is 2.76. The third kappa shape index (κ3) is 4.94. The predicted molar refractivity (Wildman–Crippen MR) is 104 cm³/mol. The van der Waals surface area contributed by atoms with Gasteiger partial charge in [0.2, 0.25) is 11.7 Å². The summed E-state index contributed by atoms with van der Waals surface area (Å²) in [4.78, 5) is 25.8. The molecule has 0 spiro atoms. The van der Waals surface area contributed by atoms with Crippen molar-refractivity contribution < 1.29 is 28.9 Å². The summed E-state index contributed by atoms with van der Waals surface area (Å²) in [7, 11) is 4.50. The fourth-order valence-electron chi connectivity index (χ4n) is 2.87. The molecule has 1 N–H and O–H groups in total. The number of nitrogens with zero attached hydrogens (tertiary/aromatic N) is 1. The van der Waals surface area contributed by atoms with Crippen molar-refractivity contribution in [1.29, 1.82) is 0 Å². The zero-order chi connectivity index (χ0) is 20.7. The van der Waals surface area contributed by atoms with Gasteiger partial charge in [-0.3, -0.25) is 4.79 Å². The highest BCUT2D eigenvalue weighted by atomic mass is 16.5. The molecule has 1 unspecified atom stereocenters. The van der Waals surface area contributed by atoms with E-state index in [1.165, 1.54) is 33.2 Å². The van der Waals surface area contributed by atoms with Gasteiger partial charge in [-0.1, -0.05) is 30.3 Å². The number of hydrogen-bond acceptors (Lipinski definition) is 5. The Morgan fingerprint density at radius 3 is 2.00 bits per heavy atom. The first-order valence-corrected chi connectivity index (χ1v) is 8.76. The summed E-state index contributed by atoms with van der Waals surface area (Å²) < 4.78 is 15.9. The van der Waals surface area contributed by atoms with E-state index in [0.29, 0.717) is 22.8 Å². The van der Waals surface area contributed by atoms with Crippen LogP contribution in [-0.4, -0.2) is 49.3 Å². The SMILES string of the molecule is COc1cc(CC(=O)N(Cc2ccccc2)C(C)C(=O)O)cc(OC)c1OC. The number of carboxylic acids is 1. The van der Waals surface area contributed by atoms with E-state index in [0.717, 1.165) is 5.56 Å². The summed E-state index contributed by atoms with van der Waals surface area (Å²) in [6.07, 6.45) is 0.00116. The van der Waals surface area contributed by atoms with E-state index < -0.39 is 12.0 Å². The molecule has 0 heterocycles. The molecule has 2 aromatic rings. The second-order valence-electron chi connectivity index (χ2n) is 6.23. The van der Waals surface area contributed by atoms with Crippen molar-refractivity contribution in [3.8, 4) is 17.2 Å². The molecule has 2 rings (SSSR count). The Kier molecular flexibility index (Phi) is 7.26. The van der Waals surface area contributed by atoms with Gasteiger partial charge in [0.1, 0.15) is 6.04 Å². The monoisotopic (exact) mass is 387 g/mol. The molecule has 0 radical (unpaired) electrons. The van der Waals surface area contributed by atoms with Crippen LogP contribution >= 0.6 is 0 Å². The molecule has 0 aliphatic rings. The van der Waals surface area contributed by atoms with Crippen LogP contribution in [-0.2, 0) is 22.6 Å². The lowest BCUT2D eigenvalue weighted by Crippen LogP contribution is -2.43. The maximum atomic E-state index is 13.0. The summed E-state index contributed by atoms with van der Waals surface area (Å²) in [5.74, 6) is -0.0699. The lowest BCUT2D eigenvalue weighted by atomic mass is 10.1. The molecule has 7 heteroatoms. The minimum Gasteiger partial charge on any atom is -0.493 e. The van der Waals surface area contributed by atoms with Gasteiger partial charge in [0, 0.05) is 6.54 Å². The van der Waals surface area contributed by atoms with E-state index in [9.17, 15) is 14.7 Å². The van der Waals surface area contributed by atoms with Crippen LogP contribution in [0.3, 0.4) is 0 Å². The average molecular weight is 387 g/mol. The minimum atomic E-state index is -1.06. The molecule has 0 fully saturated rings. The number of carbonyl (C=O) groups excluding carboxylic acids is 1. The minimum absolute atomic E-state index is 0.00116. The Balaban J connectivity index is 2.31. The quantitative estimate of drug-likeness (QED) is 0.712. The molecule has 150 valence electrons. The molecule has 0 saturated carbocycles. The molecule has 0 aliphatic heterocycles. The van der Waals surface area contributed by atoms with Crippen LogP contribution in [0.15, 0.2) is 42.5 Å². The second-order valence-corrected chi connectivity index (χ2v) is 6.23. The highest BCUT2D eigenvalue weighted by Gasteiger charge is 2.26. The lowest BCUT2D eigenvalue weighted by molar-refractivity contribution is -0.149. The maximum Gasteiger partial charge on any atom is 0.326 e. The molecule has 0 aliphatic carbocycles. The van der Waals surface area contributed by atoms with Crippen molar-refractivity contribution in [3.05, 3.63) is 53.6 Å². The number of hydrogen-bond donors (Lipinski definition) is 1. The van der Waals surface area contributed by atoms with E-state index >= 15 is 0 Å². The van der Waals surface area contributed by atoms with Crippen LogP contribution in [0.25, 0.3) is 0 Å². The van der Waals surface area contributed by atoms with E-state index in [1.807, 2.05) is 30.3 Å². The Labute approximate surface area is 164 Å². The fraction of sp³-hybridized carbons (Fsp3) is 0.333. The van der Waals surface area contributed by atoms with Crippen molar-refractivity contribution in [1.82, 2.24) is 4.90 Å². The summed E-state index contributed by atoms with van der Waals surface area (Å²) in [5.41, 5.74) is 1.49. The van der Waals surface area contributed by atoms with E-state index in [4.69, 9.17) is 14.2 Å². The van der Waals surface area contributed by atoms with Crippen molar-refractivity contribution >= 4 is 11.9 Å². The third-order valence-corrected chi connectivity index (χ3v) is 4.42. The van der Waals surface area contributed by atoms with Gasteiger partial charge >= 0.3 is 5.97 Å². The van der Waals surface area contributed by atoms with E-state index in [-0.39, 0.29) is 18.9 Å². The number of benzene rings is 2. The Morgan fingerprint density at radius 2 is 1.54 bits per heavy atom. The standard InChI is InChI=1S/C21H25NO6/c1-14(21(24)25)22(13-15-8-6-5-7-9-15)19(23)12-16-10-17(26-2)20(28-4)18(11-16)27-3/h5-11,14H,12-13H2,1-4H3,(H,24,25). The van der Waals surface area contributed by atoms with Gasteiger partial charge in [-0.05, 0) is 30.2 Å². The largest absolute Gasteiger partial charge is 0.493 e. The Bertz CT molecular complexity index is 796. The number of methoxy groups -OCH3 is 3. The van der Waals surface area contributed by atoms with E-state index in [2.05, 4.69) is 0 Å². The van der Waals surface area contributed by atoms with Gasteiger partial charge in [-0.25, -0.2) is 4.79 Å². The molecule has 1 amide bonds. The summed E-state index contributed by atoms with van der Waals surface area (Å²) in [6, 6.07) is 11.7. The highest BCUT2D eigenvalue weighted by Crippen LogP contribution is 2.38. The van der Waals surface area contributed by atoms with Gasteiger partial charge in [0.15, 0.2) is 11.5 Å². The number of ether oxygens (including phenoxy) is 3. The van der Waals surface area contributed by atoms with Crippen LogP contribution < -0.4 is 14.2 Å². The van der Waals surface area contributed by atoms with Crippen molar-refractivity contribution in [2.75, 3.05) is 21.3 Å². The number of carboxylic acid groups (broad SMARTS) is 1.